The summed E-state index contributed by atoms with van der Waals surface area (Å²) in [4.78, 5) is 53.7. The number of methoxy groups -OCH3 is 2. The molecule has 2 N–H and O–H groups in total. The molecule has 314 valence electrons. The SMILES string of the molecule is CCOC(=O)[C@]1(c2cc3c(cc2OC)N(C)C2C(O)(C(=O)OC)[C@H](OC(C)=O)[C@]4(CC)C=CCN5CC[C@]32[C@@H]54)C[C@@H]2C=C(CC)CN(CCc3c1[nH]c1ccccc31)C2. The maximum atomic E-state index is 15.5. The van der Waals surface area contributed by atoms with Gasteiger partial charge in [0.15, 0.2) is 6.10 Å². The Morgan fingerprint density at radius 1 is 1.02 bits per heavy atom. The molecule has 1 spiro atoms. The minimum Gasteiger partial charge on any atom is -0.496 e. The summed E-state index contributed by atoms with van der Waals surface area (Å²) in [5.41, 5.74) is 1.15. The van der Waals surface area contributed by atoms with Gasteiger partial charge >= 0.3 is 17.9 Å². The molecule has 1 saturated heterocycles. The molecule has 1 saturated carbocycles. The van der Waals surface area contributed by atoms with E-state index in [2.05, 4.69) is 64.2 Å². The van der Waals surface area contributed by atoms with Gasteiger partial charge in [0.1, 0.15) is 11.2 Å². The Kier molecular flexibility index (Phi) is 9.60. The molecular weight excluding hydrogens is 749 g/mol. The number of H-pyrrole nitrogens is 1. The molecule has 0 amide bonds. The topological polar surface area (TPSA) is 134 Å². The van der Waals surface area contributed by atoms with Crippen molar-refractivity contribution in [1.29, 1.82) is 0 Å². The first-order chi connectivity index (χ1) is 28.4. The Bertz CT molecular complexity index is 2280. The number of carbonyl (C=O) groups excluding carboxylic acids is 3. The third-order valence-electron chi connectivity index (χ3n) is 15.1. The Hall–Kier alpha value is -4.65. The average Bonchev–Trinajstić information content (AvgIpc) is 3.90. The van der Waals surface area contributed by atoms with E-state index in [1.807, 2.05) is 37.9 Å². The van der Waals surface area contributed by atoms with E-state index in [1.54, 1.807) is 7.11 Å². The van der Waals surface area contributed by atoms with Crippen LogP contribution < -0.4 is 9.64 Å². The molecule has 6 aliphatic rings. The van der Waals surface area contributed by atoms with Gasteiger partial charge in [-0.15, -0.1) is 0 Å². The molecule has 1 aliphatic carbocycles. The molecule has 2 fully saturated rings. The number of carbonyl (C=O) groups is 3. The number of nitrogens with zero attached hydrogens (tertiary/aromatic N) is 3. The van der Waals surface area contributed by atoms with Crippen LogP contribution in [0.1, 0.15) is 75.8 Å². The summed E-state index contributed by atoms with van der Waals surface area (Å²) >= 11 is 0. The highest BCUT2D eigenvalue weighted by atomic mass is 16.6. The highest BCUT2D eigenvalue weighted by Gasteiger charge is 2.80. The Morgan fingerprint density at radius 2 is 1.81 bits per heavy atom. The van der Waals surface area contributed by atoms with Crippen molar-refractivity contribution in [1.82, 2.24) is 14.8 Å². The summed E-state index contributed by atoms with van der Waals surface area (Å²) in [5, 5.41) is 14.4. The van der Waals surface area contributed by atoms with Crippen LogP contribution in [0.5, 0.6) is 5.75 Å². The monoisotopic (exact) mass is 806 g/mol. The second-order valence-corrected chi connectivity index (χ2v) is 17.7. The number of esters is 3. The van der Waals surface area contributed by atoms with Crippen LogP contribution in [-0.4, -0.2) is 122 Å². The van der Waals surface area contributed by atoms with Crippen molar-refractivity contribution in [3.05, 3.63) is 82.6 Å². The van der Waals surface area contributed by atoms with Crippen molar-refractivity contribution in [3.8, 4) is 5.75 Å². The van der Waals surface area contributed by atoms with Gasteiger partial charge in [-0.2, -0.15) is 0 Å². The number of aromatic amines is 1. The lowest BCUT2D eigenvalue weighted by Gasteiger charge is -2.63. The molecule has 12 nitrogen and oxygen atoms in total. The summed E-state index contributed by atoms with van der Waals surface area (Å²) < 4.78 is 24.3. The number of aromatic nitrogens is 1. The molecule has 6 heterocycles. The average molecular weight is 807 g/mol. The second kappa shape index (κ2) is 14.2. The van der Waals surface area contributed by atoms with Gasteiger partial charge in [-0.3, -0.25) is 19.4 Å². The number of para-hydroxylation sites is 1. The van der Waals surface area contributed by atoms with E-state index in [9.17, 15) is 14.7 Å². The van der Waals surface area contributed by atoms with Crippen molar-refractivity contribution in [2.24, 2.45) is 11.3 Å². The molecule has 2 bridgehead atoms. The zero-order valence-electron chi connectivity index (χ0n) is 35.4. The van der Waals surface area contributed by atoms with Gasteiger partial charge in [0, 0.05) is 90.9 Å². The number of rotatable bonds is 8. The van der Waals surface area contributed by atoms with Gasteiger partial charge in [-0.25, -0.2) is 4.79 Å². The van der Waals surface area contributed by atoms with Crippen LogP contribution >= 0.6 is 0 Å². The molecular formula is C47H58N4O8. The van der Waals surface area contributed by atoms with Crippen LogP contribution in [0.25, 0.3) is 10.9 Å². The summed E-state index contributed by atoms with van der Waals surface area (Å²) in [5.74, 6) is -1.26. The first-order valence-corrected chi connectivity index (χ1v) is 21.4. The zero-order chi connectivity index (χ0) is 41.6. The molecule has 5 aliphatic heterocycles. The smallest absolute Gasteiger partial charge is 0.344 e. The van der Waals surface area contributed by atoms with E-state index in [0.717, 1.165) is 65.9 Å². The van der Waals surface area contributed by atoms with E-state index >= 15 is 4.79 Å². The molecule has 1 aromatic heterocycles. The van der Waals surface area contributed by atoms with Crippen molar-refractivity contribution < 1.29 is 38.4 Å². The van der Waals surface area contributed by atoms with E-state index in [-0.39, 0.29) is 24.5 Å². The van der Waals surface area contributed by atoms with Gasteiger partial charge < -0.3 is 33.9 Å². The predicted molar refractivity (Wildman–Crippen MR) is 224 cm³/mol. The van der Waals surface area contributed by atoms with Crippen LogP contribution in [0.4, 0.5) is 5.69 Å². The standard InChI is InChI=1S/C47H58N4O8/c1-8-29-22-30-25-46(42(53)58-10-3,38-32(16-20-50(26-29)27-30)31-14-11-12-15-35(31)48-38)34-23-33-36(24-37(34)56-6)49(5)40-45(33)18-21-51-19-13-17-44(9-2,39(45)51)41(59-28(4)52)47(40,55)43(54)57-7/h11-15,17,22-24,30,39-41,48,55H,8-10,16,18-21,25-27H2,1-7H3/t30-,39-,40?,41+,44+,45+,46-,47?/m0/s1. The van der Waals surface area contributed by atoms with E-state index in [1.165, 1.54) is 19.6 Å². The number of hydrogen-bond donors (Lipinski definition) is 2. The summed E-state index contributed by atoms with van der Waals surface area (Å²) in [6, 6.07) is 11.2. The summed E-state index contributed by atoms with van der Waals surface area (Å²) in [7, 11) is 4.79. The Balaban J connectivity index is 1.38. The van der Waals surface area contributed by atoms with Crippen LogP contribution in [0.3, 0.4) is 0 Å². The van der Waals surface area contributed by atoms with E-state index < -0.39 is 45.9 Å². The minimum absolute atomic E-state index is 0.0220. The first kappa shape index (κ1) is 39.8. The van der Waals surface area contributed by atoms with Crippen LogP contribution in [-0.2, 0) is 45.8 Å². The lowest BCUT2D eigenvalue weighted by atomic mass is 9.47. The zero-order valence-corrected chi connectivity index (χ0v) is 35.4. The lowest BCUT2D eigenvalue weighted by Crippen LogP contribution is -2.81. The fraction of sp³-hybridized carbons (Fsp3) is 0.553. The van der Waals surface area contributed by atoms with Gasteiger partial charge in [-0.1, -0.05) is 55.8 Å². The third kappa shape index (κ3) is 5.27. The number of anilines is 1. The molecule has 0 radical (unpaired) electrons. The van der Waals surface area contributed by atoms with Gasteiger partial charge in [0.25, 0.3) is 0 Å². The van der Waals surface area contributed by atoms with Crippen molar-refractivity contribution >= 4 is 34.5 Å². The summed E-state index contributed by atoms with van der Waals surface area (Å²) in [6.45, 7) is 11.5. The van der Waals surface area contributed by atoms with E-state index in [4.69, 9.17) is 18.9 Å². The maximum absolute atomic E-state index is 15.5. The van der Waals surface area contributed by atoms with Gasteiger partial charge in [0.05, 0.1) is 26.9 Å². The number of likely N-dealkylation sites (N-methyl/N-ethyl adjacent to an activating group) is 1. The Morgan fingerprint density at radius 3 is 2.53 bits per heavy atom. The molecule has 3 aromatic rings. The number of nitrogens with one attached hydrogen (secondary N) is 1. The third-order valence-corrected chi connectivity index (χ3v) is 15.1. The number of fused-ring (bicyclic) bond motifs is 6. The number of hydrogen-bond acceptors (Lipinski definition) is 11. The minimum atomic E-state index is -2.28. The van der Waals surface area contributed by atoms with Crippen molar-refractivity contribution in [2.45, 2.75) is 94.4 Å². The summed E-state index contributed by atoms with van der Waals surface area (Å²) in [6.07, 6.45) is 8.46. The van der Waals surface area contributed by atoms with Crippen LogP contribution in [0.15, 0.2) is 60.2 Å². The lowest BCUT2D eigenvalue weighted by molar-refractivity contribution is -0.228. The van der Waals surface area contributed by atoms with Crippen LogP contribution in [0, 0.1) is 11.3 Å². The van der Waals surface area contributed by atoms with Crippen molar-refractivity contribution in [2.75, 3.05) is 65.5 Å². The normalized spacial score (nSPS) is 34.3. The number of aliphatic hydroxyl groups is 1. The van der Waals surface area contributed by atoms with Gasteiger partial charge in [0.2, 0.25) is 5.60 Å². The number of ether oxygens (including phenoxy) is 4. The predicted octanol–water partition coefficient (Wildman–Crippen LogP) is 5.19. The van der Waals surface area contributed by atoms with Gasteiger partial charge in [-0.05, 0) is 74.8 Å². The molecule has 9 rings (SSSR count). The second-order valence-electron chi connectivity index (χ2n) is 17.7. The molecule has 59 heavy (non-hydrogen) atoms. The molecule has 12 heteroatoms. The molecule has 3 unspecified atom stereocenters. The largest absolute Gasteiger partial charge is 0.496 e. The molecule has 2 aromatic carbocycles. The Labute approximate surface area is 346 Å². The number of benzene rings is 2. The van der Waals surface area contributed by atoms with Crippen LogP contribution in [0.2, 0.25) is 0 Å². The fourth-order valence-electron chi connectivity index (χ4n) is 13.1. The highest BCUT2D eigenvalue weighted by Crippen LogP contribution is 2.68. The first-order valence-electron chi connectivity index (χ1n) is 21.4. The molecule has 9 atom stereocenters. The van der Waals surface area contributed by atoms with Crippen molar-refractivity contribution in [3.63, 3.8) is 0 Å². The van der Waals surface area contributed by atoms with E-state index in [0.29, 0.717) is 43.7 Å². The maximum Gasteiger partial charge on any atom is 0.344 e. The quantitative estimate of drug-likeness (QED) is 0.177. The highest BCUT2D eigenvalue weighted by molar-refractivity contribution is 5.95. The fourth-order valence-corrected chi connectivity index (χ4v) is 13.1.